The third kappa shape index (κ3) is 7.33. The van der Waals surface area contributed by atoms with Crippen LogP contribution in [0.15, 0.2) is 24.2 Å². The zero-order valence-corrected chi connectivity index (χ0v) is 14.9. The number of unbranched alkanes of at least 4 members (excludes halogenated alkanes) is 5. The van der Waals surface area contributed by atoms with Gasteiger partial charge in [0, 0.05) is 18.8 Å². The maximum atomic E-state index is 12.1. The number of hydrogen-bond acceptors (Lipinski definition) is 4. The van der Waals surface area contributed by atoms with Gasteiger partial charge in [-0.15, -0.1) is 0 Å². The summed E-state index contributed by atoms with van der Waals surface area (Å²) < 4.78 is 0. The van der Waals surface area contributed by atoms with E-state index in [9.17, 15) is 9.59 Å². The molecule has 1 aliphatic carbocycles. The molecule has 0 bridgehead atoms. The van der Waals surface area contributed by atoms with Crippen LogP contribution in [0.25, 0.3) is 0 Å². The summed E-state index contributed by atoms with van der Waals surface area (Å²) in [6.45, 7) is 2.21. The molecular formula is C20H32O4. The second-order valence-electron chi connectivity index (χ2n) is 6.74. The fourth-order valence-corrected chi connectivity index (χ4v) is 3.35. The van der Waals surface area contributed by atoms with E-state index in [2.05, 4.69) is 19.1 Å². The fourth-order valence-electron chi connectivity index (χ4n) is 3.35. The van der Waals surface area contributed by atoms with Gasteiger partial charge in [0.15, 0.2) is 11.5 Å². The van der Waals surface area contributed by atoms with E-state index in [-0.39, 0.29) is 12.3 Å². The van der Waals surface area contributed by atoms with E-state index in [1.807, 2.05) is 0 Å². The Morgan fingerprint density at radius 1 is 1.21 bits per heavy atom. The van der Waals surface area contributed by atoms with E-state index in [4.69, 9.17) is 10.2 Å². The molecule has 1 rings (SSSR count). The van der Waals surface area contributed by atoms with Crippen LogP contribution in [-0.2, 0) is 9.59 Å². The molecule has 0 aromatic carbocycles. The lowest BCUT2D eigenvalue weighted by molar-refractivity contribution is -0.121. The van der Waals surface area contributed by atoms with Gasteiger partial charge >= 0.3 is 0 Å². The Balaban J connectivity index is 2.29. The monoisotopic (exact) mass is 336 g/mol. The zero-order valence-electron chi connectivity index (χ0n) is 14.9. The number of Topliss-reactive ketones (excluding diaryl/α,β-unsaturated/α-hetero) is 2. The maximum Gasteiger partial charge on any atom is 0.200 e. The summed E-state index contributed by atoms with van der Waals surface area (Å²) in [7, 11) is 0. The van der Waals surface area contributed by atoms with Gasteiger partial charge in [0.2, 0.25) is 0 Å². The number of hydrogen-bond donors (Lipinski definition) is 2. The lowest BCUT2D eigenvalue weighted by atomic mass is 9.89. The minimum Gasteiger partial charge on any atom is -0.512 e. The molecule has 2 N–H and O–H groups in total. The van der Waals surface area contributed by atoms with Crippen molar-refractivity contribution in [3.8, 4) is 0 Å². The molecular weight excluding hydrogens is 304 g/mol. The van der Waals surface area contributed by atoms with Crippen LogP contribution >= 0.6 is 0 Å². The molecule has 1 aliphatic rings. The van der Waals surface area contributed by atoms with Gasteiger partial charge in [-0.2, -0.15) is 0 Å². The second kappa shape index (κ2) is 11.9. The van der Waals surface area contributed by atoms with E-state index >= 15 is 0 Å². The van der Waals surface area contributed by atoms with E-state index < -0.39 is 11.5 Å². The third-order valence-electron chi connectivity index (χ3n) is 4.84. The van der Waals surface area contributed by atoms with Crippen molar-refractivity contribution in [1.29, 1.82) is 0 Å². The topological polar surface area (TPSA) is 74.6 Å². The quantitative estimate of drug-likeness (QED) is 0.222. The number of aliphatic hydroxyl groups is 2. The van der Waals surface area contributed by atoms with Gasteiger partial charge in [-0.3, -0.25) is 9.59 Å². The molecule has 0 aromatic rings. The molecule has 0 saturated heterocycles. The number of ketones is 2. The molecule has 0 aliphatic heterocycles. The molecule has 136 valence electrons. The van der Waals surface area contributed by atoms with E-state index in [0.29, 0.717) is 30.8 Å². The molecule has 4 heteroatoms. The SMILES string of the molecule is CCCCCC/C=C/[C@H]1CCC(=O)[C@@H]1CCCCC(=O)C(O)=CO. The Hall–Kier alpha value is -1.58. The van der Waals surface area contributed by atoms with Crippen LogP contribution in [-0.4, -0.2) is 21.8 Å². The van der Waals surface area contributed by atoms with Gasteiger partial charge < -0.3 is 10.2 Å². The number of rotatable bonds is 12. The average molecular weight is 336 g/mol. The van der Waals surface area contributed by atoms with Gasteiger partial charge in [0.05, 0.1) is 0 Å². The Morgan fingerprint density at radius 3 is 2.71 bits per heavy atom. The number of aliphatic hydroxyl groups excluding tert-OH is 2. The Bertz CT molecular complexity index is 451. The molecule has 0 spiro atoms. The lowest BCUT2D eigenvalue weighted by Gasteiger charge is -2.14. The van der Waals surface area contributed by atoms with Crippen molar-refractivity contribution in [3.63, 3.8) is 0 Å². The first kappa shape index (κ1) is 20.5. The van der Waals surface area contributed by atoms with Crippen molar-refractivity contribution in [2.45, 2.75) is 77.6 Å². The van der Waals surface area contributed by atoms with Gasteiger partial charge in [-0.1, -0.05) is 44.8 Å². The van der Waals surface area contributed by atoms with Gasteiger partial charge in [0.1, 0.15) is 12.0 Å². The summed E-state index contributed by atoms with van der Waals surface area (Å²) in [5, 5.41) is 17.7. The number of carbonyl (C=O) groups is 2. The molecule has 0 unspecified atom stereocenters. The van der Waals surface area contributed by atoms with Crippen LogP contribution in [0.2, 0.25) is 0 Å². The predicted octanol–water partition coefficient (Wildman–Crippen LogP) is 5.20. The largest absolute Gasteiger partial charge is 0.512 e. The van der Waals surface area contributed by atoms with Crippen LogP contribution in [0.1, 0.15) is 77.6 Å². The van der Waals surface area contributed by atoms with Crippen molar-refractivity contribution in [2.24, 2.45) is 11.8 Å². The minimum absolute atomic E-state index is 0.0916. The standard InChI is InChI=1S/C20H32O4/c1-2-3-4-5-6-7-10-16-13-14-18(22)17(16)11-8-9-12-19(23)20(24)15-21/h7,10,15-17,21,24H,2-6,8-9,11-14H2,1H3/b10-7+,20-15?/t16-,17+/m0/s1. The Kier molecular flexibility index (Phi) is 10.1. The van der Waals surface area contributed by atoms with Gasteiger partial charge in [-0.25, -0.2) is 0 Å². The third-order valence-corrected chi connectivity index (χ3v) is 4.84. The highest BCUT2D eigenvalue weighted by molar-refractivity contribution is 5.92. The fraction of sp³-hybridized carbons (Fsp3) is 0.700. The first-order chi connectivity index (χ1) is 11.6. The van der Waals surface area contributed by atoms with E-state index in [1.54, 1.807) is 0 Å². The van der Waals surface area contributed by atoms with E-state index in [1.165, 1.54) is 25.7 Å². The molecule has 24 heavy (non-hydrogen) atoms. The smallest absolute Gasteiger partial charge is 0.200 e. The van der Waals surface area contributed by atoms with Crippen molar-refractivity contribution in [3.05, 3.63) is 24.2 Å². The molecule has 2 atom stereocenters. The second-order valence-corrected chi connectivity index (χ2v) is 6.74. The van der Waals surface area contributed by atoms with Crippen LogP contribution in [0.5, 0.6) is 0 Å². The van der Waals surface area contributed by atoms with Crippen molar-refractivity contribution < 1.29 is 19.8 Å². The molecule has 0 heterocycles. The van der Waals surface area contributed by atoms with Gasteiger partial charge in [0.25, 0.3) is 0 Å². The first-order valence-electron chi connectivity index (χ1n) is 9.36. The van der Waals surface area contributed by atoms with E-state index in [0.717, 1.165) is 25.7 Å². The minimum atomic E-state index is -0.587. The van der Waals surface area contributed by atoms with Crippen molar-refractivity contribution >= 4 is 11.6 Å². The molecule has 1 fully saturated rings. The summed E-state index contributed by atoms with van der Waals surface area (Å²) >= 11 is 0. The molecule has 0 aromatic heterocycles. The zero-order chi connectivity index (χ0) is 17.8. The summed E-state index contributed by atoms with van der Waals surface area (Å²) in [5.41, 5.74) is 0. The first-order valence-corrected chi connectivity index (χ1v) is 9.36. The Labute approximate surface area is 145 Å². The molecule has 0 amide bonds. The van der Waals surface area contributed by atoms with Crippen molar-refractivity contribution in [2.75, 3.05) is 0 Å². The van der Waals surface area contributed by atoms with Crippen LogP contribution in [0.4, 0.5) is 0 Å². The summed E-state index contributed by atoms with van der Waals surface area (Å²) in [6.07, 6.45) is 15.1. The summed E-state index contributed by atoms with van der Waals surface area (Å²) in [4.78, 5) is 23.5. The summed E-state index contributed by atoms with van der Waals surface area (Å²) in [5.74, 6) is -0.242. The highest BCUT2D eigenvalue weighted by Crippen LogP contribution is 2.34. The predicted molar refractivity (Wildman–Crippen MR) is 95.9 cm³/mol. The highest BCUT2D eigenvalue weighted by atomic mass is 16.3. The highest BCUT2D eigenvalue weighted by Gasteiger charge is 2.32. The van der Waals surface area contributed by atoms with Crippen LogP contribution in [0.3, 0.4) is 0 Å². The lowest BCUT2D eigenvalue weighted by Crippen LogP contribution is -2.13. The molecule has 4 nitrogen and oxygen atoms in total. The van der Waals surface area contributed by atoms with Gasteiger partial charge in [-0.05, 0) is 38.0 Å². The molecule has 1 saturated carbocycles. The normalized spacial score (nSPS) is 21.7. The Morgan fingerprint density at radius 2 is 2.00 bits per heavy atom. The van der Waals surface area contributed by atoms with Crippen LogP contribution in [0, 0.1) is 11.8 Å². The van der Waals surface area contributed by atoms with Crippen molar-refractivity contribution in [1.82, 2.24) is 0 Å². The van der Waals surface area contributed by atoms with Crippen LogP contribution < -0.4 is 0 Å². The molecule has 0 radical (unpaired) electrons. The number of allylic oxidation sites excluding steroid dienone is 3. The summed E-state index contributed by atoms with van der Waals surface area (Å²) in [6, 6.07) is 0. The number of carbonyl (C=O) groups excluding carboxylic acids is 2. The average Bonchev–Trinajstić information content (AvgIpc) is 2.93. The maximum absolute atomic E-state index is 12.1.